The zero-order valence-corrected chi connectivity index (χ0v) is 21.9. The Balaban J connectivity index is 1.46. The molecule has 0 bridgehead atoms. The summed E-state index contributed by atoms with van der Waals surface area (Å²) >= 11 is 0. The van der Waals surface area contributed by atoms with Gasteiger partial charge in [0, 0.05) is 6.54 Å². The summed E-state index contributed by atoms with van der Waals surface area (Å²) in [6, 6.07) is 13.7. The number of ether oxygens (including phenoxy) is 1. The van der Waals surface area contributed by atoms with Gasteiger partial charge in [0.1, 0.15) is 12.4 Å². The highest BCUT2D eigenvalue weighted by Gasteiger charge is 2.41. The molecule has 0 unspecified atom stereocenters. The lowest BCUT2D eigenvalue weighted by molar-refractivity contribution is -0.138. The minimum Gasteiger partial charge on any atom is -0.491 e. The first-order chi connectivity index (χ1) is 17.6. The van der Waals surface area contributed by atoms with Crippen LogP contribution in [0.1, 0.15) is 69.1 Å². The molecule has 0 radical (unpaired) electrons. The summed E-state index contributed by atoms with van der Waals surface area (Å²) in [4.78, 5) is 15.9. The third-order valence-corrected chi connectivity index (χ3v) is 7.81. The number of hydrogen-bond acceptors (Lipinski definition) is 3. The van der Waals surface area contributed by atoms with E-state index in [1.165, 1.54) is 17.7 Å². The van der Waals surface area contributed by atoms with Gasteiger partial charge in [-0.1, -0.05) is 56.7 Å². The first-order valence-corrected chi connectivity index (χ1v) is 13.5. The molecule has 0 aliphatic carbocycles. The van der Waals surface area contributed by atoms with Gasteiger partial charge in [0.05, 0.1) is 17.0 Å². The van der Waals surface area contributed by atoms with Crippen LogP contribution in [0.3, 0.4) is 0 Å². The average molecular weight is 517 g/mol. The minimum absolute atomic E-state index is 0.0694. The second-order valence-electron chi connectivity index (χ2n) is 11.2. The number of halogens is 3. The van der Waals surface area contributed by atoms with Gasteiger partial charge in [-0.2, -0.15) is 13.2 Å². The largest absolute Gasteiger partial charge is 0.491 e. The Labute approximate surface area is 218 Å². The molecule has 7 heteroatoms. The molecule has 202 valence electrons. The molecular formula is C30H39F3N2O2. The van der Waals surface area contributed by atoms with Crippen LogP contribution in [-0.2, 0) is 23.9 Å². The van der Waals surface area contributed by atoms with E-state index in [1.807, 2.05) is 18.2 Å². The molecule has 37 heavy (non-hydrogen) atoms. The van der Waals surface area contributed by atoms with E-state index < -0.39 is 17.2 Å². The van der Waals surface area contributed by atoms with Crippen LogP contribution >= 0.6 is 0 Å². The van der Waals surface area contributed by atoms with Crippen molar-refractivity contribution in [3.8, 4) is 5.75 Å². The van der Waals surface area contributed by atoms with E-state index in [0.29, 0.717) is 50.6 Å². The maximum Gasteiger partial charge on any atom is 0.416 e. The Morgan fingerprint density at radius 1 is 1.05 bits per heavy atom. The highest BCUT2D eigenvalue weighted by molar-refractivity contribution is 5.83. The summed E-state index contributed by atoms with van der Waals surface area (Å²) in [5.74, 6) is 1.43. The quantitative estimate of drug-likeness (QED) is 0.496. The number of amides is 1. The Hall–Kier alpha value is -2.54. The number of carbonyl (C=O) groups is 1. The van der Waals surface area contributed by atoms with Crippen LogP contribution in [0, 0.1) is 11.3 Å². The Bertz CT molecular complexity index is 1050. The van der Waals surface area contributed by atoms with Gasteiger partial charge in [0.15, 0.2) is 0 Å². The van der Waals surface area contributed by atoms with E-state index >= 15 is 0 Å². The Morgan fingerprint density at radius 2 is 1.81 bits per heavy atom. The predicted molar refractivity (Wildman–Crippen MR) is 139 cm³/mol. The molecule has 2 aliphatic heterocycles. The van der Waals surface area contributed by atoms with Gasteiger partial charge in [0.2, 0.25) is 5.91 Å². The molecule has 2 aromatic rings. The number of alkyl halides is 3. The molecule has 1 atom stereocenters. The van der Waals surface area contributed by atoms with Crippen molar-refractivity contribution in [1.82, 2.24) is 10.2 Å². The second-order valence-corrected chi connectivity index (χ2v) is 11.2. The molecule has 1 spiro atoms. The second kappa shape index (κ2) is 11.9. The average Bonchev–Trinajstić information content (AvgIpc) is 2.85. The van der Waals surface area contributed by atoms with Crippen LogP contribution in [0.15, 0.2) is 48.5 Å². The highest BCUT2D eigenvalue weighted by Crippen LogP contribution is 2.39. The van der Waals surface area contributed by atoms with Crippen molar-refractivity contribution >= 4 is 5.91 Å². The molecule has 4 nitrogen and oxygen atoms in total. The summed E-state index contributed by atoms with van der Waals surface area (Å²) < 4.78 is 45.6. The van der Waals surface area contributed by atoms with Gasteiger partial charge in [0.25, 0.3) is 0 Å². The highest BCUT2D eigenvalue weighted by atomic mass is 19.4. The molecule has 1 saturated heterocycles. The van der Waals surface area contributed by atoms with Gasteiger partial charge < -0.3 is 10.1 Å². The van der Waals surface area contributed by atoms with Gasteiger partial charge >= 0.3 is 6.18 Å². The molecule has 2 aliphatic rings. The number of nitrogens with one attached hydrogen (secondary N) is 1. The normalized spacial score (nSPS) is 21.5. The van der Waals surface area contributed by atoms with Crippen LogP contribution in [0.2, 0.25) is 0 Å². The number of aryl methyl sites for hydroxylation is 1. The van der Waals surface area contributed by atoms with Crippen molar-refractivity contribution in [1.29, 1.82) is 0 Å². The fourth-order valence-electron chi connectivity index (χ4n) is 5.73. The van der Waals surface area contributed by atoms with Crippen LogP contribution in [0.5, 0.6) is 5.75 Å². The van der Waals surface area contributed by atoms with Crippen molar-refractivity contribution in [2.75, 3.05) is 19.7 Å². The predicted octanol–water partition coefficient (Wildman–Crippen LogP) is 6.62. The Morgan fingerprint density at radius 3 is 2.54 bits per heavy atom. The first kappa shape index (κ1) is 27.5. The fourth-order valence-corrected chi connectivity index (χ4v) is 5.73. The van der Waals surface area contributed by atoms with Crippen molar-refractivity contribution in [3.63, 3.8) is 0 Å². The summed E-state index contributed by atoms with van der Waals surface area (Å²) in [6.07, 6.45) is 1.60. The summed E-state index contributed by atoms with van der Waals surface area (Å²) in [5.41, 5.74) is 0.805. The molecule has 0 aromatic heterocycles. The number of hydrogen-bond donors (Lipinski definition) is 1. The Kier molecular flexibility index (Phi) is 8.83. The first-order valence-electron chi connectivity index (χ1n) is 13.5. The van der Waals surface area contributed by atoms with Gasteiger partial charge in [-0.15, -0.1) is 0 Å². The van der Waals surface area contributed by atoms with E-state index in [1.54, 1.807) is 6.07 Å². The fraction of sp³-hybridized carbons (Fsp3) is 0.567. The molecule has 1 fully saturated rings. The number of nitrogens with zero attached hydrogens (tertiary/aromatic N) is 1. The van der Waals surface area contributed by atoms with E-state index in [-0.39, 0.29) is 11.9 Å². The van der Waals surface area contributed by atoms with E-state index in [9.17, 15) is 18.0 Å². The van der Waals surface area contributed by atoms with Crippen LogP contribution < -0.4 is 10.1 Å². The molecule has 2 aromatic carbocycles. The van der Waals surface area contributed by atoms with E-state index in [0.717, 1.165) is 43.9 Å². The number of piperidine rings is 1. The van der Waals surface area contributed by atoms with E-state index in [2.05, 4.69) is 30.1 Å². The third-order valence-electron chi connectivity index (χ3n) is 7.81. The maximum absolute atomic E-state index is 13.8. The zero-order chi connectivity index (χ0) is 26.5. The smallest absolute Gasteiger partial charge is 0.416 e. The molecule has 4 rings (SSSR count). The van der Waals surface area contributed by atoms with Gasteiger partial charge in [-0.3, -0.25) is 9.69 Å². The zero-order valence-electron chi connectivity index (χ0n) is 21.9. The summed E-state index contributed by atoms with van der Waals surface area (Å²) in [6.45, 7) is 6.59. The van der Waals surface area contributed by atoms with Crippen LogP contribution in [-0.4, -0.2) is 36.5 Å². The molecule has 2 heterocycles. The van der Waals surface area contributed by atoms with Crippen molar-refractivity contribution in [2.24, 2.45) is 11.3 Å². The summed E-state index contributed by atoms with van der Waals surface area (Å²) in [5, 5.41) is 3.34. The number of likely N-dealkylation sites (tertiary alicyclic amines) is 1. The lowest BCUT2D eigenvalue weighted by Crippen LogP contribution is -2.52. The van der Waals surface area contributed by atoms with Gasteiger partial charge in [-0.25, -0.2) is 0 Å². The monoisotopic (exact) mass is 516 g/mol. The van der Waals surface area contributed by atoms with Crippen molar-refractivity contribution in [3.05, 3.63) is 65.2 Å². The number of carbonyl (C=O) groups excluding carboxylic acids is 1. The third kappa shape index (κ3) is 7.28. The topological polar surface area (TPSA) is 41.6 Å². The minimum atomic E-state index is -4.34. The lowest BCUT2D eigenvalue weighted by Gasteiger charge is -2.42. The molecular weight excluding hydrogens is 477 g/mol. The van der Waals surface area contributed by atoms with Gasteiger partial charge in [-0.05, 0) is 80.8 Å². The number of para-hydroxylation sites is 1. The number of benzene rings is 2. The van der Waals surface area contributed by atoms with Crippen molar-refractivity contribution in [2.45, 2.75) is 77.6 Å². The molecule has 1 amide bonds. The van der Waals surface area contributed by atoms with Crippen LogP contribution in [0.4, 0.5) is 13.2 Å². The SMILES string of the molecule is CC(C)C[C@H]1COc2ccccc2CCCCC2(CCN(Cc3cccc(C(F)(F)F)c3)CC2)C(=O)N1. The lowest BCUT2D eigenvalue weighted by atomic mass is 9.73. The number of fused-ring (bicyclic) bond motifs is 1. The standard InChI is InChI=1S/C30H39F3N2O2/c1-22(2)18-26-21-37-27-12-4-3-9-24(27)10-5-6-13-29(28(36)34-26)14-16-35(17-15-29)20-23-8-7-11-25(19-23)30(31,32)33/h3-4,7-9,11-12,19,22,26H,5-6,10,13-18,20-21H2,1-2H3,(H,34,36)/t26-/m0/s1. The van der Waals surface area contributed by atoms with E-state index in [4.69, 9.17) is 4.74 Å². The maximum atomic E-state index is 13.8. The number of rotatable bonds is 4. The van der Waals surface area contributed by atoms with Crippen molar-refractivity contribution < 1.29 is 22.7 Å². The summed E-state index contributed by atoms with van der Waals surface area (Å²) in [7, 11) is 0. The van der Waals surface area contributed by atoms with Crippen LogP contribution in [0.25, 0.3) is 0 Å². The molecule has 1 N–H and O–H groups in total. The molecule has 0 saturated carbocycles.